The largest absolute Gasteiger partial charge is 0.327 e. The highest BCUT2D eigenvalue weighted by atomic mass is 32.2. The first-order valence-corrected chi connectivity index (χ1v) is 6.87. The fourth-order valence-corrected chi connectivity index (χ4v) is 2.91. The summed E-state index contributed by atoms with van der Waals surface area (Å²) in [6.45, 7) is 3.81. The van der Waals surface area contributed by atoms with Crippen LogP contribution >= 0.6 is 0 Å². The Labute approximate surface area is 98.5 Å². The summed E-state index contributed by atoms with van der Waals surface area (Å²) in [7, 11) is -0.965. The van der Waals surface area contributed by atoms with Crippen molar-refractivity contribution < 1.29 is 8.60 Å². The van der Waals surface area contributed by atoms with Gasteiger partial charge in [0.15, 0.2) is 0 Å². The highest BCUT2D eigenvalue weighted by Gasteiger charge is 2.09. The summed E-state index contributed by atoms with van der Waals surface area (Å²) in [5.41, 5.74) is 7.52. The predicted molar refractivity (Wildman–Crippen MR) is 66.1 cm³/mol. The van der Waals surface area contributed by atoms with Gasteiger partial charge in [0.2, 0.25) is 0 Å². The summed E-state index contributed by atoms with van der Waals surface area (Å²) in [5, 5.41) is 0. The van der Waals surface area contributed by atoms with Crippen molar-refractivity contribution in [1.82, 2.24) is 0 Å². The van der Waals surface area contributed by atoms with E-state index in [2.05, 4.69) is 0 Å². The highest BCUT2D eigenvalue weighted by Crippen LogP contribution is 2.12. The van der Waals surface area contributed by atoms with Crippen LogP contribution in [-0.4, -0.2) is 16.0 Å². The summed E-state index contributed by atoms with van der Waals surface area (Å²) in [4.78, 5) is 0. The first kappa shape index (κ1) is 13.3. The van der Waals surface area contributed by atoms with E-state index in [0.717, 1.165) is 17.5 Å². The maximum Gasteiger partial charge on any atom is 0.123 e. The van der Waals surface area contributed by atoms with Gasteiger partial charge < -0.3 is 5.73 Å². The van der Waals surface area contributed by atoms with Crippen LogP contribution in [-0.2, 0) is 16.6 Å². The van der Waals surface area contributed by atoms with Gasteiger partial charge in [0, 0.05) is 28.3 Å². The predicted octanol–water partition coefficient (Wildman–Crippen LogP) is 2.12. The molecular formula is C12H18FNOS. The molecule has 0 saturated carbocycles. The molecule has 1 rings (SSSR count). The number of benzene rings is 1. The Morgan fingerprint density at radius 2 is 2.19 bits per heavy atom. The third kappa shape index (κ3) is 4.02. The first-order valence-electron chi connectivity index (χ1n) is 5.38. The number of hydrogen-bond donors (Lipinski definition) is 1. The van der Waals surface area contributed by atoms with Crippen LogP contribution in [0.1, 0.15) is 24.5 Å². The Hall–Kier alpha value is -0.740. The van der Waals surface area contributed by atoms with Gasteiger partial charge in [0.05, 0.1) is 0 Å². The van der Waals surface area contributed by atoms with Crippen molar-refractivity contribution in [1.29, 1.82) is 0 Å². The summed E-state index contributed by atoms with van der Waals surface area (Å²) < 4.78 is 24.6. The number of halogens is 1. The highest BCUT2D eigenvalue weighted by molar-refractivity contribution is 7.84. The van der Waals surface area contributed by atoms with Crippen LogP contribution in [0.4, 0.5) is 4.39 Å². The molecule has 0 bridgehead atoms. The standard InChI is InChI=1S/C12H18FNOS/c1-3-12(14)8-16(15)7-10-4-5-11(13)6-9(10)2/h4-6,12H,3,7-8,14H2,1-2H3. The molecule has 0 saturated heterocycles. The minimum atomic E-state index is -0.965. The van der Waals surface area contributed by atoms with E-state index in [0.29, 0.717) is 11.5 Å². The zero-order valence-corrected chi connectivity index (χ0v) is 10.5. The number of nitrogens with two attached hydrogens (primary N) is 1. The van der Waals surface area contributed by atoms with Crippen molar-refractivity contribution in [2.24, 2.45) is 5.73 Å². The van der Waals surface area contributed by atoms with Gasteiger partial charge in [0.25, 0.3) is 0 Å². The van der Waals surface area contributed by atoms with Gasteiger partial charge in [-0.15, -0.1) is 0 Å². The molecule has 4 heteroatoms. The molecule has 0 radical (unpaired) electrons. The van der Waals surface area contributed by atoms with Crippen LogP contribution in [0.15, 0.2) is 18.2 Å². The molecule has 2 atom stereocenters. The lowest BCUT2D eigenvalue weighted by Crippen LogP contribution is -2.26. The molecule has 90 valence electrons. The maximum absolute atomic E-state index is 12.9. The van der Waals surface area contributed by atoms with Crippen molar-refractivity contribution >= 4 is 10.8 Å². The second kappa shape index (κ2) is 6.11. The molecule has 1 aromatic rings. The third-order valence-corrected chi connectivity index (χ3v) is 3.98. The smallest absolute Gasteiger partial charge is 0.123 e. The average Bonchev–Trinajstić information content (AvgIpc) is 2.22. The molecule has 0 fully saturated rings. The van der Waals surface area contributed by atoms with Gasteiger partial charge in [-0.05, 0) is 36.6 Å². The molecule has 16 heavy (non-hydrogen) atoms. The van der Waals surface area contributed by atoms with Gasteiger partial charge in [-0.25, -0.2) is 4.39 Å². The fourth-order valence-electron chi connectivity index (χ4n) is 1.41. The van der Waals surface area contributed by atoms with Crippen LogP contribution < -0.4 is 5.73 Å². The van der Waals surface area contributed by atoms with Crippen molar-refractivity contribution in [2.45, 2.75) is 32.1 Å². The van der Waals surface area contributed by atoms with E-state index < -0.39 is 10.8 Å². The van der Waals surface area contributed by atoms with E-state index in [9.17, 15) is 8.60 Å². The lowest BCUT2D eigenvalue weighted by molar-refractivity contribution is 0.625. The molecule has 0 aromatic heterocycles. The molecule has 2 N–H and O–H groups in total. The summed E-state index contributed by atoms with van der Waals surface area (Å²) >= 11 is 0. The normalized spacial score (nSPS) is 14.8. The number of hydrogen-bond acceptors (Lipinski definition) is 2. The van der Waals surface area contributed by atoms with E-state index in [-0.39, 0.29) is 11.9 Å². The van der Waals surface area contributed by atoms with Crippen LogP contribution in [0.3, 0.4) is 0 Å². The Morgan fingerprint density at radius 3 is 2.75 bits per heavy atom. The van der Waals surface area contributed by atoms with Gasteiger partial charge in [-0.2, -0.15) is 0 Å². The zero-order valence-electron chi connectivity index (χ0n) is 9.70. The van der Waals surface area contributed by atoms with Gasteiger partial charge in [-0.3, -0.25) is 4.21 Å². The molecule has 0 amide bonds. The topological polar surface area (TPSA) is 43.1 Å². The Balaban J connectivity index is 2.63. The van der Waals surface area contributed by atoms with Gasteiger partial charge in [-0.1, -0.05) is 13.0 Å². The number of aryl methyl sites for hydroxylation is 1. The minimum absolute atomic E-state index is 0.0124. The Kier molecular flexibility index (Phi) is 5.09. The van der Waals surface area contributed by atoms with Gasteiger partial charge in [0.1, 0.15) is 5.82 Å². The minimum Gasteiger partial charge on any atom is -0.327 e. The quantitative estimate of drug-likeness (QED) is 0.860. The van der Waals surface area contributed by atoms with Crippen molar-refractivity contribution in [2.75, 3.05) is 5.75 Å². The second-order valence-corrected chi connectivity index (χ2v) is 5.49. The molecule has 2 unspecified atom stereocenters. The van der Waals surface area contributed by atoms with E-state index in [4.69, 9.17) is 5.73 Å². The van der Waals surface area contributed by atoms with Gasteiger partial charge >= 0.3 is 0 Å². The lowest BCUT2D eigenvalue weighted by atomic mass is 10.1. The van der Waals surface area contributed by atoms with Crippen molar-refractivity contribution in [3.05, 3.63) is 35.1 Å². The Bertz CT molecular complexity index is 381. The molecule has 2 nitrogen and oxygen atoms in total. The average molecular weight is 243 g/mol. The monoisotopic (exact) mass is 243 g/mol. The molecular weight excluding hydrogens is 225 g/mol. The molecule has 0 aliphatic carbocycles. The summed E-state index contributed by atoms with van der Waals surface area (Å²) in [6.07, 6.45) is 0.828. The first-order chi connectivity index (χ1) is 7.52. The number of rotatable bonds is 5. The third-order valence-electron chi connectivity index (χ3n) is 2.55. The summed E-state index contributed by atoms with van der Waals surface area (Å²) in [6, 6.07) is 4.55. The van der Waals surface area contributed by atoms with Crippen molar-refractivity contribution in [3.8, 4) is 0 Å². The maximum atomic E-state index is 12.9. The van der Waals surface area contributed by atoms with E-state index >= 15 is 0 Å². The SMILES string of the molecule is CCC(N)CS(=O)Cc1ccc(F)cc1C. The van der Waals surface area contributed by atoms with E-state index in [1.54, 1.807) is 6.07 Å². The lowest BCUT2D eigenvalue weighted by Gasteiger charge is -2.09. The summed E-state index contributed by atoms with van der Waals surface area (Å²) in [5.74, 6) is 0.713. The molecule has 1 aromatic carbocycles. The zero-order chi connectivity index (χ0) is 12.1. The Morgan fingerprint density at radius 1 is 1.50 bits per heavy atom. The van der Waals surface area contributed by atoms with Crippen LogP contribution in [0.25, 0.3) is 0 Å². The molecule has 0 heterocycles. The van der Waals surface area contributed by atoms with Crippen molar-refractivity contribution in [3.63, 3.8) is 0 Å². The molecule has 0 aliphatic heterocycles. The fraction of sp³-hybridized carbons (Fsp3) is 0.500. The second-order valence-electron chi connectivity index (χ2n) is 3.99. The van der Waals surface area contributed by atoms with Crippen LogP contribution in [0.2, 0.25) is 0 Å². The van der Waals surface area contributed by atoms with Crippen LogP contribution in [0, 0.1) is 12.7 Å². The van der Waals surface area contributed by atoms with Crippen LogP contribution in [0.5, 0.6) is 0 Å². The molecule has 0 aliphatic rings. The molecule has 0 spiro atoms. The van der Waals surface area contributed by atoms with E-state index in [1.165, 1.54) is 12.1 Å². The van der Waals surface area contributed by atoms with E-state index in [1.807, 2.05) is 13.8 Å².